The fraction of sp³-hybridized carbons (Fsp3) is 0.333. The smallest absolute Gasteiger partial charge is 0.225 e. The van der Waals surface area contributed by atoms with Crippen LogP contribution in [0, 0.1) is 0 Å². The molecule has 2 aromatic heterocycles. The molecule has 3 nitrogen and oxygen atoms in total. The molecule has 0 bridgehead atoms. The molecular formula is C18H20ClN3S. The van der Waals surface area contributed by atoms with Crippen LogP contribution >= 0.6 is 22.9 Å². The third-order valence-corrected chi connectivity index (χ3v) is 4.98. The predicted octanol–water partition coefficient (Wildman–Crippen LogP) is 5.64. The van der Waals surface area contributed by atoms with Crippen molar-refractivity contribution in [3.63, 3.8) is 0 Å². The van der Waals surface area contributed by atoms with Crippen molar-refractivity contribution in [1.29, 1.82) is 0 Å². The highest BCUT2D eigenvalue weighted by atomic mass is 35.5. The monoisotopic (exact) mass is 345 g/mol. The Balaban J connectivity index is 2.17. The Kier molecular flexibility index (Phi) is 5.13. The van der Waals surface area contributed by atoms with Gasteiger partial charge in [-0.05, 0) is 30.5 Å². The summed E-state index contributed by atoms with van der Waals surface area (Å²) in [6.07, 6.45) is 2.30. The summed E-state index contributed by atoms with van der Waals surface area (Å²) in [5.41, 5.74) is 2.38. The first-order chi connectivity index (χ1) is 11.2. The van der Waals surface area contributed by atoms with Gasteiger partial charge in [-0.3, -0.25) is 0 Å². The van der Waals surface area contributed by atoms with E-state index < -0.39 is 0 Å². The van der Waals surface area contributed by atoms with Crippen LogP contribution in [0.4, 0.5) is 5.82 Å². The van der Waals surface area contributed by atoms with Crippen LogP contribution in [0.2, 0.25) is 5.28 Å². The van der Waals surface area contributed by atoms with E-state index >= 15 is 0 Å². The van der Waals surface area contributed by atoms with E-state index in [9.17, 15) is 0 Å². The van der Waals surface area contributed by atoms with Crippen molar-refractivity contribution < 1.29 is 0 Å². The van der Waals surface area contributed by atoms with E-state index in [-0.39, 0.29) is 0 Å². The first-order valence-electron chi connectivity index (χ1n) is 7.99. The molecule has 0 aliphatic carbocycles. The summed E-state index contributed by atoms with van der Waals surface area (Å²) in [6.45, 7) is 6.26. The second kappa shape index (κ2) is 7.28. The number of hydrogen-bond donors (Lipinski definition) is 0. The van der Waals surface area contributed by atoms with Gasteiger partial charge in [0, 0.05) is 24.0 Å². The number of thiophene rings is 1. The van der Waals surface area contributed by atoms with Crippen molar-refractivity contribution in [2.24, 2.45) is 0 Å². The zero-order valence-corrected chi connectivity index (χ0v) is 15.0. The third kappa shape index (κ3) is 3.33. The lowest BCUT2D eigenvalue weighted by Gasteiger charge is -2.23. The van der Waals surface area contributed by atoms with Gasteiger partial charge in [0.2, 0.25) is 5.28 Å². The summed E-state index contributed by atoms with van der Waals surface area (Å²) in [5, 5.41) is 3.59. The Morgan fingerprint density at radius 1 is 1.13 bits per heavy atom. The normalized spacial score (nSPS) is 11.1. The van der Waals surface area contributed by atoms with E-state index in [1.54, 1.807) is 11.3 Å². The largest absolute Gasteiger partial charge is 0.356 e. The number of benzene rings is 1. The van der Waals surface area contributed by atoms with Crippen molar-refractivity contribution in [3.05, 3.63) is 41.0 Å². The molecule has 0 amide bonds. The number of unbranched alkanes of at least 4 members (excludes halogenated alkanes) is 1. The van der Waals surface area contributed by atoms with Gasteiger partial charge in [0.1, 0.15) is 10.6 Å². The van der Waals surface area contributed by atoms with Crippen molar-refractivity contribution >= 4 is 39.0 Å². The minimum Gasteiger partial charge on any atom is -0.356 e. The molecule has 0 saturated carbocycles. The van der Waals surface area contributed by atoms with E-state index in [0.717, 1.165) is 42.0 Å². The molecule has 3 aromatic rings. The summed E-state index contributed by atoms with van der Waals surface area (Å²) < 4.78 is 0. The van der Waals surface area contributed by atoms with E-state index in [4.69, 9.17) is 11.6 Å². The molecule has 0 fully saturated rings. The van der Waals surface area contributed by atoms with E-state index in [2.05, 4.69) is 58.4 Å². The molecule has 0 aliphatic rings. The summed E-state index contributed by atoms with van der Waals surface area (Å²) in [6, 6.07) is 10.4. The molecule has 2 heterocycles. The highest BCUT2D eigenvalue weighted by molar-refractivity contribution is 7.17. The van der Waals surface area contributed by atoms with Crippen LogP contribution in [0.3, 0.4) is 0 Å². The van der Waals surface area contributed by atoms with Crippen LogP contribution in [0.5, 0.6) is 0 Å². The van der Waals surface area contributed by atoms with Crippen molar-refractivity contribution in [2.75, 3.05) is 18.0 Å². The maximum atomic E-state index is 6.17. The summed E-state index contributed by atoms with van der Waals surface area (Å²) in [4.78, 5) is 12.3. The van der Waals surface area contributed by atoms with Gasteiger partial charge in [0.25, 0.3) is 0 Å². The van der Waals surface area contributed by atoms with Crippen molar-refractivity contribution in [3.8, 4) is 11.1 Å². The lowest BCUT2D eigenvalue weighted by molar-refractivity contribution is 0.726. The second-order valence-corrected chi connectivity index (χ2v) is 6.64. The maximum absolute atomic E-state index is 6.17. The molecule has 0 N–H and O–H groups in total. The second-order valence-electron chi connectivity index (χ2n) is 5.45. The molecule has 0 radical (unpaired) electrons. The SMILES string of the molecule is CCCCN(CC)c1nc(Cl)nc2scc(-c3ccccc3)c12. The van der Waals surface area contributed by atoms with Gasteiger partial charge in [0.15, 0.2) is 0 Å². The highest BCUT2D eigenvalue weighted by Gasteiger charge is 2.18. The molecule has 0 unspecified atom stereocenters. The fourth-order valence-corrected chi connectivity index (χ4v) is 3.88. The van der Waals surface area contributed by atoms with Crippen LogP contribution in [-0.4, -0.2) is 23.1 Å². The zero-order valence-electron chi connectivity index (χ0n) is 13.4. The standard InChI is InChI=1S/C18H20ClN3S/c1-3-5-11-22(4-2)16-15-14(13-9-7-6-8-10-13)12-23-17(15)21-18(19)20-16/h6-10,12H,3-5,11H2,1-2H3. The lowest BCUT2D eigenvalue weighted by atomic mass is 10.1. The Morgan fingerprint density at radius 2 is 1.91 bits per heavy atom. The van der Waals surface area contributed by atoms with E-state index in [0.29, 0.717) is 5.28 Å². The predicted molar refractivity (Wildman–Crippen MR) is 101 cm³/mol. The average Bonchev–Trinajstić information content (AvgIpc) is 3.00. The highest BCUT2D eigenvalue weighted by Crippen LogP contribution is 2.38. The number of nitrogens with zero attached hydrogens (tertiary/aromatic N) is 3. The van der Waals surface area contributed by atoms with Gasteiger partial charge in [-0.1, -0.05) is 43.7 Å². The number of anilines is 1. The summed E-state index contributed by atoms with van der Waals surface area (Å²) in [5.74, 6) is 0.955. The quantitative estimate of drug-likeness (QED) is 0.541. The van der Waals surface area contributed by atoms with Gasteiger partial charge in [0.05, 0.1) is 5.39 Å². The molecular weight excluding hydrogens is 326 g/mol. The van der Waals surface area contributed by atoms with Gasteiger partial charge in [-0.15, -0.1) is 11.3 Å². The van der Waals surface area contributed by atoms with E-state index in [1.807, 2.05) is 6.07 Å². The van der Waals surface area contributed by atoms with Gasteiger partial charge < -0.3 is 4.90 Å². The molecule has 1 aromatic carbocycles. The Morgan fingerprint density at radius 3 is 2.61 bits per heavy atom. The van der Waals surface area contributed by atoms with Gasteiger partial charge in [-0.2, -0.15) is 4.98 Å². The Labute approximate surface area is 146 Å². The minimum absolute atomic E-state index is 0.323. The number of aromatic nitrogens is 2. The van der Waals surface area contributed by atoms with Gasteiger partial charge >= 0.3 is 0 Å². The van der Waals surface area contributed by atoms with Gasteiger partial charge in [-0.25, -0.2) is 4.98 Å². The first-order valence-corrected chi connectivity index (χ1v) is 9.25. The summed E-state index contributed by atoms with van der Waals surface area (Å²) in [7, 11) is 0. The van der Waals surface area contributed by atoms with Crippen LogP contribution in [0.1, 0.15) is 26.7 Å². The van der Waals surface area contributed by atoms with Crippen LogP contribution in [0.15, 0.2) is 35.7 Å². The summed E-state index contributed by atoms with van der Waals surface area (Å²) >= 11 is 7.80. The molecule has 5 heteroatoms. The Hall–Kier alpha value is -1.65. The number of halogens is 1. The number of hydrogen-bond acceptors (Lipinski definition) is 4. The third-order valence-electron chi connectivity index (χ3n) is 3.93. The fourth-order valence-electron chi connectivity index (χ4n) is 2.72. The van der Waals surface area contributed by atoms with Crippen LogP contribution in [0.25, 0.3) is 21.3 Å². The van der Waals surface area contributed by atoms with Crippen LogP contribution < -0.4 is 4.90 Å². The molecule has 23 heavy (non-hydrogen) atoms. The topological polar surface area (TPSA) is 29.0 Å². The molecule has 0 aliphatic heterocycles. The van der Waals surface area contributed by atoms with Crippen LogP contribution in [-0.2, 0) is 0 Å². The maximum Gasteiger partial charge on any atom is 0.225 e. The van der Waals surface area contributed by atoms with E-state index in [1.165, 1.54) is 11.1 Å². The first kappa shape index (κ1) is 16.2. The van der Waals surface area contributed by atoms with Crippen molar-refractivity contribution in [1.82, 2.24) is 9.97 Å². The Bertz CT molecular complexity index is 786. The number of rotatable bonds is 6. The average molecular weight is 346 g/mol. The molecule has 0 spiro atoms. The minimum atomic E-state index is 0.323. The van der Waals surface area contributed by atoms with Crippen molar-refractivity contribution in [2.45, 2.75) is 26.7 Å². The molecule has 3 rings (SSSR count). The number of fused-ring (bicyclic) bond motifs is 1. The molecule has 120 valence electrons. The molecule has 0 atom stereocenters. The lowest BCUT2D eigenvalue weighted by Crippen LogP contribution is -2.25. The molecule has 0 saturated heterocycles. The zero-order chi connectivity index (χ0) is 16.2.